The van der Waals surface area contributed by atoms with Gasteiger partial charge in [0.2, 0.25) is 0 Å². The van der Waals surface area contributed by atoms with Gasteiger partial charge in [0.05, 0.1) is 12.4 Å². The number of benzene rings is 1. The third-order valence-corrected chi connectivity index (χ3v) is 5.61. The second-order valence-corrected chi connectivity index (χ2v) is 7.79. The first kappa shape index (κ1) is 18.5. The van der Waals surface area contributed by atoms with Crippen LogP contribution in [0.5, 0.6) is 0 Å². The van der Waals surface area contributed by atoms with Crippen molar-refractivity contribution in [2.24, 2.45) is 0 Å². The Kier molecular flexibility index (Phi) is 5.89. The van der Waals surface area contributed by atoms with Crippen molar-refractivity contribution >= 4 is 28.2 Å². The van der Waals surface area contributed by atoms with Crippen LogP contribution in [0.3, 0.4) is 0 Å². The summed E-state index contributed by atoms with van der Waals surface area (Å²) in [5, 5.41) is 6.83. The van der Waals surface area contributed by atoms with Crippen molar-refractivity contribution in [2.45, 2.75) is 25.4 Å². The van der Waals surface area contributed by atoms with Crippen molar-refractivity contribution in [1.29, 1.82) is 0 Å². The van der Waals surface area contributed by atoms with Crippen LogP contribution < -0.4 is 10.6 Å². The second kappa shape index (κ2) is 8.90. The number of piperidine rings is 1. The lowest BCUT2D eigenvalue weighted by Gasteiger charge is -2.32. The molecule has 1 fully saturated rings. The van der Waals surface area contributed by atoms with Gasteiger partial charge < -0.3 is 10.6 Å². The summed E-state index contributed by atoms with van der Waals surface area (Å²) in [4.78, 5) is 28.0. The number of hydrogen-bond acceptors (Lipinski definition) is 7. The highest BCUT2D eigenvalue weighted by Gasteiger charge is 2.22. The number of thiazole rings is 1. The molecule has 8 heteroatoms. The molecule has 0 atom stereocenters. The molecule has 1 saturated heterocycles. The van der Waals surface area contributed by atoms with Gasteiger partial charge in [0, 0.05) is 38.1 Å². The minimum Gasteiger partial charge on any atom is -0.348 e. The van der Waals surface area contributed by atoms with Gasteiger partial charge in [0.25, 0.3) is 5.91 Å². The number of likely N-dealkylation sites (tertiary alicyclic amines) is 1. The van der Waals surface area contributed by atoms with Crippen molar-refractivity contribution in [3.63, 3.8) is 0 Å². The molecule has 3 aromatic rings. The van der Waals surface area contributed by atoms with Crippen molar-refractivity contribution in [2.75, 3.05) is 18.4 Å². The normalized spacial score (nSPS) is 15.3. The van der Waals surface area contributed by atoms with Crippen LogP contribution in [-0.4, -0.2) is 44.9 Å². The Labute approximate surface area is 167 Å². The van der Waals surface area contributed by atoms with Gasteiger partial charge in [-0.05, 0) is 18.4 Å². The monoisotopic (exact) mass is 394 g/mol. The van der Waals surface area contributed by atoms with E-state index in [0.717, 1.165) is 32.5 Å². The van der Waals surface area contributed by atoms with E-state index in [0.29, 0.717) is 15.8 Å². The Balaban J connectivity index is 1.26. The number of carbonyl (C=O) groups excluding carboxylic acids is 1. The quantitative estimate of drug-likeness (QED) is 0.669. The van der Waals surface area contributed by atoms with Gasteiger partial charge >= 0.3 is 0 Å². The molecular weight excluding hydrogens is 372 g/mol. The zero-order valence-electron chi connectivity index (χ0n) is 15.4. The van der Waals surface area contributed by atoms with Crippen molar-refractivity contribution in [3.8, 4) is 0 Å². The molecule has 0 unspecified atom stereocenters. The van der Waals surface area contributed by atoms with Gasteiger partial charge in [-0.2, -0.15) is 0 Å². The maximum atomic E-state index is 12.5. The Morgan fingerprint density at radius 1 is 1.11 bits per heavy atom. The average Bonchev–Trinajstić information content (AvgIpc) is 3.20. The van der Waals surface area contributed by atoms with Gasteiger partial charge in [0.1, 0.15) is 4.88 Å². The first-order chi connectivity index (χ1) is 13.8. The van der Waals surface area contributed by atoms with E-state index < -0.39 is 0 Å². The number of aromatic nitrogens is 3. The van der Waals surface area contributed by atoms with Gasteiger partial charge in [0.15, 0.2) is 10.9 Å². The van der Waals surface area contributed by atoms with Crippen LogP contribution in [0, 0.1) is 0 Å². The maximum absolute atomic E-state index is 12.5. The Morgan fingerprint density at radius 3 is 2.68 bits per heavy atom. The highest BCUT2D eigenvalue weighted by atomic mass is 32.1. The Morgan fingerprint density at radius 2 is 1.93 bits per heavy atom. The summed E-state index contributed by atoms with van der Waals surface area (Å²) >= 11 is 1.31. The number of anilines is 2. The number of nitrogens with one attached hydrogen (secondary N) is 2. The molecule has 1 aliphatic rings. The molecule has 2 N–H and O–H groups in total. The van der Waals surface area contributed by atoms with Crippen molar-refractivity contribution < 1.29 is 4.79 Å². The van der Waals surface area contributed by atoms with E-state index in [1.165, 1.54) is 16.9 Å². The summed E-state index contributed by atoms with van der Waals surface area (Å²) in [5.74, 6) is 0.542. The first-order valence-electron chi connectivity index (χ1n) is 9.32. The molecular formula is C20H22N6OS. The fourth-order valence-corrected chi connectivity index (χ4v) is 3.97. The van der Waals surface area contributed by atoms with E-state index >= 15 is 0 Å². The summed E-state index contributed by atoms with van der Waals surface area (Å²) in [6, 6.07) is 10.7. The molecule has 1 amide bonds. The first-order valence-corrected chi connectivity index (χ1v) is 10.1. The van der Waals surface area contributed by atoms with E-state index in [1.54, 1.807) is 24.8 Å². The molecule has 2 aromatic heterocycles. The smallest absolute Gasteiger partial charge is 0.263 e. The Hall–Kier alpha value is -2.84. The molecule has 0 saturated carbocycles. The lowest BCUT2D eigenvalue weighted by atomic mass is 10.0. The summed E-state index contributed by atoms with van der Waals surface area (Å²) in [6.07, 6.45) is 8.35. The predicted octanol–water partition coefficient (Wildman–Crippen LogP) is 3.07. The molecule has 3 heterocycles. The molecule has 1 aliphatic heterocycles. The highest BCUT2D eigenvalue weighted by molar-refractivity contribution is 7.17. The van der Waals surface area contributed by atoms with Crippen LogP contribution in [0.1, 0.15) is 28.1 Å². The number of amides is 1. The number of hydrogen-bond donors (Lipinski definition) is 2. The minimum atomic E-state index is -0.0637. The van der Waals surface area contributed by atoms with Gasteiger partial charge in [-0.15, -0.1) is 0 Å². The summed E-state index contributed by atoms with van der Waals surface area (Å²) in [5.41, 5.74) is 1.33. The average molecular weight is 395 g/mol. The van der Waals surface area contributed by atoms with Crippen LogP contribution in [-0.2, 0) is 6.54 Å². The van der Waals surface area contributed by atoms with Crippen molar-refractivity contribution in [3.05, 3.63) is 65.6 Å². The summed E-state index contributed by atoms with van der Waals surface area (Å²) < 4.78 is 0. The van der Waals surface area contributed by atoms with E-state index in [9.17, 15) is 4.79 Å². The van der Waals surface area contributed by atoms with Gasteiger partial charge in [-0.3, -0.25) is 14.7 Å². The highest BCUT2D eigenvalue weighted by Crippen LogP contribution is 2.22. The molecule has 0 spiro atoms. The SMILES string of the molecule is O=C(NC1CCN(Cc2ccccc2)CC1)c1cnc(Nc2cnccn2)s1. The molecule has 144 valence electrons. The van der Waals surface area contributed by atoms with Crippen LogP contribution in [0.25, 0.3) is 0 Å². The number of nitrogens with zero attached hydrogens (tertiary/aromatic N) is 4. The topological polar surface area (TPSA) is 83.0 Å². The van der Waals surface area contributed by atoms with E-state index in [-0.39, 0.29) is 11.9 Å². The van der Waals surface area contributed by atoms with Gasteiger partial charge in [-0.25, -0.2) is 9.97 Å². The predicted molar refractivity (Wildman–Crippen MR) is 110 cm³/mol. The fourth-order valence-electron chi connectivity index (χ4n) is 3.24. The summed E-state index contributed by atoms with van der Waals surface area (Å²) in [7, 11) is 0. The lowest BCUT2D eigenvalue weighted by Crippen LogP contribution is -2.44. The third-order valence-electron chi connectivity index (χ3n) is 4.70. The second-order valence-electron chi connectivity index (χ2n) is 6.75. The Bertz CT molecular complexity index is 893. The van der Waals surface area contributed by atoms with Crippen LogP contribution in [0.4, 0.5) is 10.9 Å². The number of carbonyl (C=O) groups is 1. The number of rotatable bonds is 6. The molecule has 0 radical (unpaired) electrons. The zero-order valence-corrected chi connectivity index (χ0v) is 16.2. The zero-order chi connectivity index (χ0) is 19.2. The van der Waals surface area contributed by atoms with E-state index in [2.05, 4.69) is 54.8 Å². The summed E-state index contributed by atoms with van der Waals surface area (Å²) in [6.45, 7) is 2.94. The van der Waals surface area contributed by atoms with E-state index in [4.69, 9.17) is 0 Å². The molecule has 0 aliphatic carbocycles. The fraction of sp³-hybridized carbons (Fsp3) is 0.300. The van der Waals surface area contributed by atoms with Crippen LogP contribution >= 0.6 is 11.3 Å². The lowest BCUT2D eigenvalue weighted by molar-refractivity contribution is 0.0913. The minimum absolute atomic E-state index is 0.0637. The van der Waals surface area contributed by atoms with E-state index in [1.807, 2.05) is 6.07 Å². The molecule has 4 rings (SSSR count). The third kappa shape index (κ3) is 4.90. The molecule has 1 aromatic carbocycles. The van der Waals surface area contributed by atoms with Crippen LogP contribution in [0.2, 0.25) is 0 Å². The maximum Gasteiger partial charge on any atom is 0.263 e. The van der Waals surface area contributed by atoms with Crippen LogP contribution in [0.15, 0.2) is 55.1 Å². The van der Waals surface area contributed by atoms with Gasteiger partial charge in [-0.1, -0.05) is 41.7 Å². The molecule has 28 heavy (non-hydrogen) atoms. The standard InChI is InChI=1S/C20H22N6OS/c27-19(17-12-23-20(28-17)25-18-13-21-8-9-22-18)24-16-6-10-26(11-7-16)14-15-4-2-1-3-5-15/h1-5,8-9,12-13,16H,6-7,10-11,14H2,(H,24,27)(H,22,23,25). The molecule has 7 nitrogen and oxygen atoms in total. The largest absolute Gasteiger partial charge is 0.348 e. The van der Waals surface area contributed by atoms with Crippen molar-refractivity contribution in [1.82, 2.24) is 25.2 Å². The molecule has 0 bridgehead atoms.